The smallest absolute Gasteiger partial charge is 0.169 e. The molecule has 0 aromatic rings. The highest BCUT2D eigenvalue weighted by molar-refractivity contribution is 4.72. The Balaban J connectivity index is 2.33. The molecule has 0 bridgehead atoms. The Morgan fingerprint density at radius 1 is 1.36 bits per heavy atom. The molecule has 0 saturated carbocycles. The van der Waals surface area contributed by atoms with Crippen molar-refractivity contribution in [3.05, 3.63) is 0 Å². The van der Waals surface area contributed by atoms with E-state index >= 15 is 0 Å². The molecule has 1 rings (SSSR count). The van der Waals surface area contributed by atoms with E-state index in [1.54, 1.807) is 0 Å². The summed E-state index contributed by atoms with van der Waals surface area (Å²) in [5.74, 6) is -0.275. The first-order valence-corrected chi connectivity index (χ1v) is 4.25. The molecule has 1 aliphatic heterocycles. The highest BCUT2D eigenvalue weighted by Crippen LogP contribution is 2.26. The second kappa shape index (κ2) is 4.04. The molecule has 0 aromatic heterocycles. The van der Waals surface area contributed by atoms with Gasteiger partial charge in [-0.3, -0.25) is 0 Å². The lowest BCUT2D eigenvalue weighted by Gasteiger charge is -2.25. The van der Waals surface area contributed by atoms with Crippen molar-refractivity contribution in [1.29, 1.82) is 0 Å². The molecule has 0 aliphatic carbocycles. The molecule has 1 aliphatic rings. The van der Waals surface area contributed by atoms with Gasteiger partial charge in [-0.15, -0.1) is 0 Å². The van der Waals surface area contributed by atoms with Gasteiger partial charge < -0.3 is 14.8 Å². The van der Waals surface area contributed by atoms with Crippen LogP contribution in [0.3, 0.4) is 0 Å². The standard InChI is InChI=1S/C8H17NO2/c1-3-8(4-5-9-2)10-6-7-11-8/h9H,3-7H2,1-2H3. The maximum Gasteiger partial charge on any atom is 0.169 e. The molecule has 0 atom stereocenters. The van der Waals surface area contributed by atoms with E-state index in [4.69, 9.17) is 9.47 Å². The molecule has 1 N–H and O–H groups in total. The van der Waals surface area contributed by atoms with Crippen LogP contribution in [0, 0.1) is 0 Å². The van der Waals surface area contributed by atoms with Gasteiger partial charge in [0.15, 0.2) is 5.79 Å². The van der Waals surface area contributed by atoms with E-state index in [2.05, 4.69) is 12.2 Å². The molecule has 3 nitrogen and oxygen atoms in total. The zero-order chi connectivity index (χ0) is 8.16. The van der Waals surface area contributed by atoms with Crippen molar-refractivity contribution in [2.45, 2.75) is 25.6 Å². The molecule has 0 aromatic carbocycles. The van der Waals surface area contributed by atoms with Crippen molar-refractivity contribution < 1.29 is 9.47 Å². The maximum absolute atomic E-state index is 5.53. The Morgan fingerprint density at radius 3 is 2.45 bits per heavy atom. The van der Waals surface area contributed by atoms with Crippen LogP contribution in [0.2, 0.25) is 0 Å². The number of hydrogen-bond donors (Lipinski definition) is 1. The molecule has 0 radical (unpaired) electrons. The highest BCUT2D eigenvalue weighted by Gasteiger charge is 2.33. The van der Waals surface area contributed by atoms with Crippen LogP contribution in [-0.4, -0.2) is 32.6 Å². The van der Waals surface area contributed by atoms with Gasteiger partial charge in [-0.1, -0.05) is 6.92 Å². The van der Waals surface area contributed by atoms with Crippen molar-refractivity contribution in [2.24, 2.45) is 0 Å². The van der Waals surface area contributed by atoms with E-state index in [-0.39, 0.29) is 5.79 Å². The normalized spacial score (nSPS) is 22.4. The van der Waals surface area contributed by atoms with E-state index in [0.29, 0.717) is 0 Å². The Bertz CT molecular complexity index is 111. The predicted molar refractivity (Wildman–Crippen MR) is 43.5 cm³/mol. The minimum absolute atomic E-state index is 0.275. The number of rotatable bonds is 4. The van der Waals surface area contributed by atoms with E-state index in [1.165, 1.54) is 0 Å². The van der Waals surface area contributed by atoms with Crippen molar-refractivity contribution in [3.8, 4) is 0 Å². The number of hydrogen-bond acceptors (Lipinski definition) is 3. The first kappa shape index (κ1) is 8.97. The van der Waals surface area contributed by atoms with Gasteiger partial charge in [0.1, 0.15) is 0 Å². The Kier molecular flexibility index (Phi) is 3.30. The third-order valence-electron chi connectivity index (χ3n) is 2.11. The zero-order valence-electron chi connectivity index (χ0n) is 7.35. The zero-order valence-corrected chi connectivity index (χ0v) is 7.35. The first-order chi connectivity index (χ1) is 5.33. The minimum Gasteiger partial charge on any atom is -0.347 e. The molecule has 0 spiro atoms. The Hall–Kier alpha value is -0.120. The van der Waals surface area contributed by atoms with Crippen LogP contribution in [0.4, 0.5) is 0 Å². The maximum atomic E-state index is 5.53. The van der Waals surface area contributed by atoms with Crippen LogP contribution in [0.25, 0.3) is 0 Å². The van der Waals surface area contributed by atoms with Gasteiger partial charge in [0.25, 0.3) is 0 Å². The summed E-state index contributed by atoms with van der Waals surface area (Å²) in [5.41, 5.74) is 0. The first-order valence-electron chi connectivity index (χ1n) is 4.25. The summed E-state index contributed by atoms with van der Waals surface area (Å²) in [4.78, 5) is 0. The number of ether oxygens (including phenoxy) is 2. The lowest BCUT2D eigenvalue weighted by Crippen LogP contribution is -2.32. The van der Waals surface area contributed by atoms with Crippen molar-refractivity contribution in [3.63, 3.8) is 0 Å². The lowest BCUT2D eigenvalue weighted by molar-refractivity contribution is -0.162. The van der Waals surface area contributed by atoms with Crippen molar-refractivity contribution in [1.82, 2.24) is 5.32 Å². The fraction of sp³-hybridized carbons (Fsp3) is 1.00. The quantitative estimate of drug-likeness (QED) is 0.656. The molecule has 11 heavy (non-hydrogen) atoms. The Morgan fingerprint density at radius 2 is 2.00 bits per heavy atom. The number of nitrogens with one attached hydrogen (secondary N) is 1. The molecular weight excluding hydrogens is 142 g/mol. The topological polar surface area (TPSA) is 30.5 Å². The van der Waals surface area contributed by atoms with Gasteiger partial charge in [-0.05, 0) is 20.0 Å². The van der Waals surface area contributed by atoms with Crippen LogP contribution in [0.5, 0.6) is 0 Å². The van der Waals surface area contributed by atoms with E-state index < -0.39 is 0 Å². The van der Waals surface area contributed by atoms with Gasteiger partial charge in [0.2, 0.25) is 0 Å². The molecule has 1 heterocycles. The summed E-state index contributed by atoms with van der Waals surface area (Å²) >= 11 is 0. The van der Waals surface area contributed by atoms with E-state index in [0.717, 1.165) is 32.6 Å². The average Bonchev–Trinajstić information content (AvgIpc) is 2.50. The Labute approximate surface area is 68.1 Å². The fourth-order valence-electron chi connectivity index (χ4n) is 1.34. The molecule has 0 amide bonds. The monoisotopic (exact) mass is 159 g/mol. The minimum atomic E-state index is -0.275. The summed E-state index contributed by atoms with van der Waals surface area (Å²) in [5, 5.41) is 3.09. The summed E-state index contributed by atoms with van der Waals surface area (Å²) in [6.07, 6.45) is 1.88. The van der Waals surface area contributed by atoms with Gasteiger partial charge in [-0.25, -0.2) is 0 Å². The molecule has 0 unspecified atom stereocenters. The SMILES string of the molecule is CCC1(CCNC)OCCO1. The summed E-state index contributed by atoms with van der Waals surface area (Å²) in [6.45, 7) is 4.55. The van der Waals surface area contributed by atoms with Crippen molar-refractivity contribution >= 4 is 0 Å². The van der Waals surface area contributed by atoms with Gasteiger partial charge >= 0.3 is 0 Å². The van der Waals surface area contributed by atoms with Gasteiger partial charge in [0, 0.05) is 6.42 Å². The molecule has 1 fully saturated rings. The summed E-state index contributed by atoms with van der Waals surface area (Å²) in [7, 11) is 1.94. The lowest BCUT2D eigenvalue weighted by atomic mass is 10.1. The van der Waals surface area contributed by atoms with Gasteiger partial charge in [0.05, 0.1) is 13.2 Å². The van der Waals surface area contributed by atoms with Crippen LogP contribution >= 0.6 is 0 Å². The van der Waals surface area contributed by atoms with E-state index in [1.807, 2.05) is 7.05 Å². The fourth-order valence-corrected chi connectivity index (χ4v) is 1.34. The highest BCUT2D eigenvalue weighted by atomic mass is 16.7. The van der Waals surface area contributed by atoms with Crippen LogP contribution < -0.4 is 5.32 Å². The molecular formula is C8H17NO2. The third-order valence-corrected chi connectivity index (χ3v) is 2.11. The van der Waals surface area contributed by atoms with Crippen molar-refractivity contribution in [2.75, 3.05) is 26.8 Å². The third kappa shape index (κ3) is 2.15. The van der Waals surface area contributed by atoms with Crippen LogP contribution in [-0.2, 0) is 9.47 Å². The summed E-state index contributed by atoms with van der Waals surface area (Å²) < 4.78 is 11.1. The molecule has 1 saturated heterocycles. The van der Waals surface area contributed by atoms with Gasteiger partial charge in [-0.2, -0.15) is 0 Å². The van der Waals surface area contributed by atoms with Crippen LogP contribution in [0.1, 0.15) is 19.8 Å². The van der Waals surface area contributed by atoms with E-state index in [9.17, 15) is 0 Å². The predicted octanol–water partition coefficient (Wildman–Crippen LogP) is 0.749. The molecule has 3 heteroatoms. The summed E-state index contributed by atoms with van der Waals surface area (Å²) in [6, 6.07) is 0. The molecule has 66 valence electrons. The second-order valence-corrected chi connectivity index (χ2v) is 2.81. The second-order valence-electron chi connectivity index (χ2n) is 2.81. The average molecular weight is 159 g/mol. The van der Waals surface area contributed by atoms with Crippen LogP contribution in [0.15, 0.2) is 0 Å². The largest absolute Gasteiger partial charge is 0.347 e.